The Labute approximate surface area is 132 Å². The Balaban J connectivity index is 1.88. The smallest absolute Gasteiger partial charge is 0.241 e. The fourth-order valence-electron chi connectivity index (χ4n) is 2.33. The lowest BCUT2D eigenvalue weighted by Gasteiger charge is -2.26. The molecule has 0 fully saturated rings. The van der Waals surface area contributed by atoms with Crippen LogP contribution in [-0.4, -0.2) is 15.0 Å². The molecule has 4 nitrogen and oxygen atoms in total. The van der Waals surface area contributed by atoms with Gasteiger partial charge in [-0.25, -0.2) is 13.1 Å². The molecule has 0 radical (unpaired) electrons. The summed E-state index contributed by atoms with van der Waals surface area (Å²) < 4.78 is 34.1. The summed E-state index contributed by atoms with van der Waals surface area (Å²) in [4.78, 5) is 0.259. The molecule has 0 aliphatic carbocycles. The second-order valence-electron chi connectivity index (χ2n) is 4.80. The maximum absolute atomic E-state index is 12.5. The van der Waals surface area contributed by atoms with Gasteiger partial charge >= 0.3 is 0 Å². The molecule has 0 amide bonds. The number of hydrogen-bond donors (Lipinski definition) is 1. The summed E-state index contributed by atoms with van der Waals surface area (Å²) in [7, 11) is -3.55. The molecule has 2 aromatic rings. The minimum atomic E-state index is -3.55. The Kier molecular flexibility index (Phi) is 4.01. The van der Waals surface area contributed by atoms with Gasteiger partial charge in [-0.2, -0.15) is 0 Å². The van der Waals surface area contributed by atoms with Crippen molar-refractivity contribution in [2.24, 2.45) is 0 Å². The minimum Gasteiger partial charge on any atom is -0.493 e. The van der Waals surface area contributed by atoms with Gasteiger partial charge in [-0.15, -0.1) is 0 Å². The molecule has 21 heavy (non-hydrogen) atoms. The highest BCUT2D eigenvalue weighted by Gasteiger charge is 2.26. The van der Waals surface area contributed by atoms with Gasteiger partial charge in [-0.3, -0.25) is 0 Å². The van der Waals surface area contributed by atoms with E-state index in [1.807, 2.05) is 24.3 Å². The first kappa shape index (κ1) is 14.6. The molecular formula is C15H14BrNO3S. The van der Waals surface area contributed by atoms with Crippen LogP contribution < -0.4 is 9.46 Å². The van der Waals surface area contributed by atoms with Crippen LogP contribution in [0.1, 0.15) is 18.0 Å². The maximum Gasteiger partial charge on any atom is 0.241 e. The molecule has 2 aromatic carbocycles. The number of hydrogen-bond acceptors (Lipinski definition) is 3. The zero-order valence-electron chi connectivity index (χ0n) is 11.1. The Morgan fingerprint density at radius 1 is 1.10 bits per heavy atom. The van der Waals surface area contributed by atoms with Crippen molar-refractivity contribution < 1.29 is 13.2 Å². The van der Waals surface area contributed by atoms with Crippen molar-refractivity contribution in [2.75, 3.05) is 6.61 Å². The van der Waals surface area contributed by atoms with Crippen molar-refractivity contribution in [3.8, 4) is 5.75 Å². The fourth-order valence-corrected chi connectivity index (χ4v) is 3.85. The van der Waals surface area contributed by atoms with Crippen LogP contribution in [0, 0.1) is 0 Å². The molecule has 1 aliphatic heterocycles. The van der Waals surface area contributed by atoms with E-state index in [2.05, 4.69) is 20.7 Å². The van der Waals surface area contributed by atoms with E-state index in [9.17, 15) is 8.42 Å². The van der Waals surface area contributed by atoms with Crippen LogP contribution in [0.3, 0.4) is 0 Å². The first-order valence-electron chi connectivity index (χ1n) is 6.56. The average Bonchev–Trinajstić information content (AvgIpc) is 2.48. The Bertz CT molecular complexity index is 744. The standard InChI is InChI=1S/C15H14BrNO3S/c16-11-5-7-12(8-6-11)21(18,19)17-14-9-10-20-15-4-2-1-3-13(14)15/h1-8,14,17H,9-10H2. The summed E-state index contributed by atoms with van der Waals surface area (Å²) in [6, 6.07) is 13.8. The molecule has 1 unspecified atom stereocenters. The van der Waals surface area contributed by atoms with E-state index < -0.39 is 10.0 Å². The van der Waals surface area contributed by atoms with Crippen LogP contribution in [-0.2, 0) is 10.0 Å². The molecular weight excluding hydrogens is 354 g/mol. The predicted octanol–water partition coefficient (Wildman–Crippen LogP) is 3.25. The molecule has 6 heteroatoms. The second kappa shape index (κ2) is 5.79. The summed E-state index contributed by atoms with van der Waals surface area (Å²) in [6.45, 7) is 0.505. The van der Waals surface area contributed by atoms with Gasteiger partial charge in [0.15, 0.2) is 0 Å². The maximum atomic E-state index is 12.5. The first-order valence-corrected chi connectivity index (χ1v) is 8.83. The highest BCUT2D eigenvalue weighted by atomic mass is 79.9. The normalized spacial score (nSPS) is 17.9. The van der Waals surface area contributed by atoms with Crippen molar-refractivity contribution in [3.05, 3.63) is 58.6 Å². The molecule has 0 spiro atoms. The van der Waals surface area contributed by atoms with Gasteiger partial charge in [0.1, 0.15) is 5.75 Å². The molecule has 1 atom stereocenters. The van der Waals surface area contributed by atoms with Gasteiger partial charge in [0, 0.05) is 16.5 Å². The Morgan fingerprint density at radius 3 is 2.57 bits per heavy atom. The van der Waals surface area contributed by atoms with Gasteiger partial charge < -0.3 is 4.74 Å². The third-order valence-electron chi connectivity index (χ3n) is 3.38. The van der Waals surface area contributed by atoms with Gasteiger partial charge in [0.2, 0.25) is 10.0 Å². The number of ether oxygens (including phenoxy) is 1. The second-order valence-corrected chi connectivity index (χ2v) is 7.43. The van der Waals surface area contributed by atoms with E-state index in [-0.39, 0.29) is 10.9 Å². The van der Waals surface area contributed by atoms with E-state index in [1.54, 1.807) is 24.3 Å². The highest BCUT2D eigenvalue weighted by Crippen LogP contribution is 2.32. The minimum absolute atomic E-state index is 0.259. The third kappa shape index (κ3) is 3.12. The third-order valence-corrected chi connectivity index (χ3v) is 5.40. The summed E-state index contributed by atoms with van der Waals surface area (Å²) >= 11 is 3.30. The number of nitrogens with one attached hydrogen (secondary N) is 1. The van der Waals surface area contributed by atoms with E-state index in [0.29, 0.717) is 13.0 Å². The van der Waals surface area contributed by atoms with E-state index in [1.165, 1.54) is 0 Å². The lowest BCUT2D eigenvalue weighted by atomic mass is 10.0. The lowest BCUT2D eigenvalue weighted by molar-refractivity contribution is 0.263. The predicted molar refractivity (Wildman–Crippen MR) is 83.8 cm³/mol. The van der Waals surface area contributed by atoms with Gasteiger partial charge in [-0.05, 0) is 30.3 Å². The van der Waals surface area contributed by atoms with Gasteiger partial charge in [0.05, 0.1) is 17.5 Å². The van der Waals surface area contributed by atoms with E-state index >= 15 is 0 Å². The molecule has 1 N–H and O–H groups in total. The summed E-state index contributed by atoms with van der Waals surface area (Å²) in [5.41, 5.74) is 0.879. The Morgan fingerprint density at radius 2 is 1.81 bits per heavy atom. The molecule has 0 saturated carbocycles. The average molecular weight is 368 g/mol. The summed E-state index contributed by atoms with van der Waals surface area (Å²) in [6.07, 6.45) is 0.618. The number of benzene rings is 2. The van der Waals surface area contributed by atoms with Crippen molar-refractivity contribution in [1.29, 1.82) is 0 Å². The van der Waals surface area contributed by atoms with E-state index in [4.69, 9.17) is 4.74 Å². The monoisotopic (exact) mass is 367 g/mol. The van der Waals surface area contributed by atoms with Crippen LogP contribution in [0.4, 0.5) is 0 Å². The molecule has 0 aromatic heterocycles. The topological polar surface area (TPSA) is 55.4 Å². The molecule has 3 rings (SSSR count). The summed E-state index contributed by atoms with van der Waals surface area (Å²) in [5, 5.41) is 0. The SMILES string of the molecule is O=S(=O)(NC1CCOc2ccccc21)c1ccc(Br)cc1. The quantitative estimate of drug-likeness (QED) is 0.905. The number of para-hydroxylation sites is 1. The fraction of sp³-hybridized carbons (Fsp3) is 0.200. The van der Waals surface area contributed by atoms with Crippen molar-refractivity contribution >= 4 is 26.0 Å². The van der Waals surface area contributed by atoms with Crippen LogP contribution in [0.5, 0.6) is 5.75 Å². The van der Waals surface area contributed by atoms with Gasteiger partial charge in [-0.1, -0.05) is 34.1 Å². The molecule has 110 valence electrons. The number of fused-ring (bicyclic) bond motifs is 1. The number of sulfonamides is 1. The highest BCUT2D eigenvalue weighted by molar-refractivity contribution is 9.10. The molecule has 1 aliphatic rings. The number of halogens is 1. The number of rotatable bonds is 3. The zero-order chi connectivity index (χ0) is 14.9. The van der Waals surface area contributed by atoms with Crippen molar-refractivity contribution in [3.63, 3.8) is 0 Å². The van der Waals surface area contributed by atoms with Crippen LogP contribution in [0.15, 0.2) is 57.9 Å². The summed E-state index contributed by atoms with van der Waals surface area (Å²) in [5.74, 6) is 0.743. The van der Waals surface area contributed by atoms with Crippen LogP contribution in [0.25, 0.3) is 0 Å². The molecule has 0 bridgehead atoms. The van der Waals surface area contributed by atoms with Crippen LogP contribution >= 0.6 is 15.9 Å². The first-order chi connectivity index (χ1) is 10.1. The molecule has 0 saturated heterocycles. The molecule has 1 heterocycles. The van der Waals surface area contributed by atoms with Crippen molar-refractivity contribution in [1.82, 2.24) is 4.72 Å². The van der Waals surface area contributed by atoms with Gasteiger partial charge in [0.25, 0.3) is 0 Å². The zero-order valence-corrected chi connectivity index (χ0v) is 13.5. The lowest BCUT2D eigenvalue weighted by Crippen LogP contribution is -2.32. The van der Waals surface area contributed by atoms with E-state index in [0.717, 1.165) is 15.8 Å². The Hall–Kier alpha value is -1.37. The largest absolute Gasteiger partial charge is 0.493 e. The van der Waals surface area contributed by atoms with Crippen LogP contribution in [0.2, 0.25) is 0 Å². The van der Waals surface area contributed by atoms with Crippen molar-refractivity contribution in [2.45, 2.75) is 17.4 Å².